The second kappa shape index (κ2) is 4.87. The van der Waals surface area contributed by atoms with Crippen LogP contribution in [0.4, 0.5) is 0 Å². The van der Waals surface area contributed by atoms with Gasteiger partial charge in [0.1, 0.15) is 6.54 Å². The zero-order chi connectivity index (χ0) is 12.4. The monoisotopic (exact) mass is 237 g/mol. The highest BCUT2D eigenvalue weighted by atomic mass is 16.3. The standard InChI is InChI=1S/C12H19N3O2/c1-9-7-10(2)15(13-9)8-12(17)14(5-6-16)11-3-4-11/h7,11,16H,3-6,8H2,1-2H3. The van der Waals surface area contributed by atoms with Crippen LogP contribution in [0, 0.1) is 13.8 Å². The number of rotatable bonds is 5. The normalized spacial score (nSPS) is 15.0. The van der Waals surface area contributed by atoms with Gasteiger partial charge in [-0.25, -0.2) is 0 Å². The Morgan fingerprint density at radius 3 is 2.76 bits per heavy atom. The lowest BCUT2D eigenvalue weighted by Gasteiger charge is -2.21. The van der Waals surface area contributed by atoms with E-state index in [-0.39, 0.29) is 19.1 Å². The molecule has 1 aliphatic rings. The molecule has 0 spiro atoms. The van der Waals surface area contributed by atoms with Crippen LogP contribution in [0.1, 0.15) is 24.2 Å². The maximum absolute atomic E-state index is 12.1. The number of aliphatic hydroxyl groups excluding tert-OH is 1. The van der Waals surface area contributed by atoms with E-state index in [2.05, 4.69) is 5.10 Å². The fourth-order valence-electron chi connectivity index (χ4n) is 2.06. The van der Waals surface area contributed by atoms with Crippen molar-refractivity contribution in [2.24, 2.45) is 0 Å². The molecule has 0 unspecified atom stereocenters. The summed E-state index contributed by atoms with van der Waals surface area (Å²) in [6.07, 6.45) is 2.12. The molecule has 0 atom stereocenters. The van der Waals surface area contributed by atoms with Crippen molar-refractivity contribution < 1.29 is 9.90 Å². The van der Waals surface area contributed by atoms with Gasteiger partial charge in [-0.1, -0.05) is 0 Å². The SMILES string of the molecule is Cc1cc(C)n(CC(=O)N(CCO)C2CC2)n1. The van der Waals surface area contributed by atoms with E-state index in [1.165, 1.54) is 0 Å². The summed E-state index contributed by atoms with van der Waals surface area (Å²) in [6, 6.07) is 2.30. The number of amides is 1. The lowest BCUT2D eigenvalue weighted by Crippen LogP contribution is -2.38. The molecule has 1 fully saturated rings. The van der Waals surface area contributed by atoms with Crippen LogP contribution in [0.2, 0.25) is 0 Å². The number of nitrogens with zero attached hydrogens (tertiary/aromatic N) is 3. The van der Waals surface area contributed by atoms with Crippen LogP contribution < -0.4 is 0 Å². The minimum absolute atomic E-state index is 0.0271. The van der Waals surface area contributed by atoms with Crippen LogP contribution in [0.5, 0.6) is 0 Å². The molecule has 0 aromatic carbocycles. The van der Waals surface area contributed by atoms with Gasteiger partial charge in [-0.3, -0.25) is 9.48 Å². The molecule has 1 aliphatic carbocycles. The summed E-state index contributed by atoms with van der Waals surface area (Å²) in [4.78, 5) is 13.9. The Balaban J connectivity index is 2.01. The Kier molecular flexibility index (Phi) is 3.47. The van der Waals surface area contributed by atoms with E-state index >= 15 is 0 Å². The first kappa shape index (κ1) is 12.1. The molecule has 0 saturated heterocycles. The predicted molar refractivity (Wildman–Crippen MR) is 63.5 cm³/mol. The van der Waals surface area contributed by atoms with Crippen molar-refractivity contribution in [2.75, 3.05) is 13.2 Å². The molecule has 2 rings (SSSR count). The summed E-state index contributed by atoms with van der Waals surface area (Å²) >= 11 is 0. The lowest BCUT2D eigenvalue weighted by atomic mass is 10.4. The maximum atomic E-state index is 12.1. The lowest BCUT2D eigenvalue weighted by molar-refractivity contribution is -0.133. The molecule has 1 aromatic heterocycles. The van der Waals surface area contributed by atoms with E-state index in [1.807, 2.05) is 19.9 Å². The average Bonchev–Trinajstić information content (AvgIpc) is 3.03. The topological polar surface area (TPSA) is 58.4 Å². The molecule has 0 bridgehead atoms. The molecule has 1 amide bonds. The number of hydrogen-bond donors (Lipinski definition) is 1. The zero-order valence-electron chi connectivity index (χ0n) is 10.4. The smallest absolute Gasteiger partial charge is 0.244 e. The fraction of sp³-hybridized carbons (Fsp3) is 0.667. The van der Waals surface area contributed by atoms with Crippen LogP contribution in [-0.2, 0) is 11.3 Å². The average molecular weight is 237 g/mol. The molecule has 1 saturated carbocycles. The summed E-state index contributed by atoms with van der Waals surface area (Å²) < 4.78 is 1.73. The highest BCUT2D eigenvalue weighted by molar-refractivity contribution is 5.76. The largest absolute Gasteiger partial charge is 0.395 e. The molecule has 5 nitrogen and oxygen atoms in total. The Bertz CT molecular complexity index is 410. The number of aliphatic hydroxyl groups is 1. The molecule has 5 heteroatoms. The summed E-state index contributed by atoms with van der Waals surface area (Å²) in [6.45, 7) is 4.60. The van der Waals surface area contributed by atoms with Gasteiger partial charge in [0.25, 0.3) is 0 Å². The van der Waals surface area contributed by atoms with E-state index in [0.29, 0.717) is 12.6 Å². The predicted octanol–water partition coefficient (Wildman–Crippen LogP) is 0.483. The van der Waals surface area contributed by atoms with Gasteiger partial charge in [0.15, 0.2) is 0 Å². The third-order valence-corrected chi connectivity index (χ3v) is 3.04. The quantitative estimate of drug-likeness (QED) is 0.810. The molecular weight excluding hydrogens is 218 g/mol. The first-order valence-corrected chi connectivity index (χ1v) is 6.03. The van der Waals surface area contributed by atoms with Crippen molar-refractivity contribution in [1.82, 2.24) is 14.7 Å². The molecule has 0 aliphatic heterocycles. The van der Waals surface area contributed by atoms with Crippen LogP contribution >= 0.6 is 0 Å². The molecular formula is C12H19N3O2. The van der Waals surface area contributed by atoms with Crippen LogP contribution in [0.15, 0.2) is 6.07 Å². The second-order valence-corrected chi connectivity index (χ2v) is 4.63. The summed E-state index contributed by atoms with van der Waals surface area (Å²) in [5.74, 6) is 0.0488. The van der Waals surface area contributed by atoms with Gasteiger partial charge in [0.05, 0.1) is 12.3 Å². The summed E-state index contributed by atoms with van der Waals surface area (Å²) in [5.41, 5.74) is 1.92. The van der Waals surface area contributed by atoms with Crippen molar-refractivity contribution in [3.8, 4) is 0 Å². The van der Waals surface area contributed by atoms with Crippen LogP contribution in [-0.4, -0.2) is 44.9 Å². The van der Waals surface area contributed by atoms with E-state index in [1.54, 1.807) is 9.58 Å². The maximum Gasteiger partial charge on any atom is 0.244 e. The Morgan fingerprint density at radius 2 is 2.29 bits per heavy atom. The second-order valence-electron chi connectivity index (χ2n) is 4.63. The van der Waals surface area contributed by atoms with Gasteiger partial charge < -0.3 is 10.0 Å². The number of aromatic nitrogens is 2. The van der Waals surface area contributed by atoms with Crippen molar-refractivity contribution in [3.63, 3.8) is 0 Å². The Morgan fingerprint density at radius 1 is 1.59 bits per heavy atom. The number of aryl methyl sites for hydroxylation is 2. The van der Waals surface area contributed by atoms with Crippen molar-refractivity contribution in [2.45, 2.75) is 39.3 Å². The van der Waals surface area contributed by atoms with Crippen LogP contribution in [0.25, 0.3) is 0 Å². The fourth-order valence-corrected chi connectivity index (χ4v) is 2.06. The number of carbonyl (C=O) groups is 1. The Hall–Kier alpha value is -1.36. The molecule has 1 aromatic rings. The van der Waals surface area contributed by atoms with E-state index in [4.69, 9.17) is 5.11 Å². The molecule has 1 heterocycles. The number of hydrogen-bond acceptors (Lipinski definition) is 3. The van der Waals surface area contributed by atoms with Crippen molar-refractivity contribution in [3.05, 3.63) is 17.5 Å². The van der Waals surface area contributed by atoms with E-state index in [9.17, 15) is 4.79 Å². The van der Waals surface area contributed by atoms with E-state index < -0.39 is 0 Å². The minimum Gasteiger partial charge on any atom is -0.395 e. The van der Waals surface area contributed by atoms with E-state index in [0.717, 1.165) is 24.2 Å². The number of carbonyl (C=O) groups excluding carboxylic acids is 1. The first-order valence-electron chi connectivity index (χ1n) is 6.03. The molecule has 0 radical (unpaired) electrons. The molecule has 1 N–H and O–H groups in total. The highest BCUT2D eigenvalue weighted by Crippen LogP contribution is 2.26. The third-order valence-electron chi connectivity index (χ3n) is 3.04. The minimum atomic E-state index is 0.0271. The van der Waals surface area contributed by atoms with Gasteiger partial charge in [-0.05, 0) is 32.8 Å². The van der Waals surface area contributed by atoms with Gasteiger partial charge in [-0.2, -0.15) is 5.10 Å². The van der Waals surface area contributed by atoms with Gasteiger partial charge >= 0.3 is 0 Å². The van der Waals surface area contributed by atoms with Gasteiger partial charge in [-0.15, -0.1) is 0 Å². The van der Waals surface area contributed by atoms with Crippen molar-refractivity contribution >= 4 is 5.91 Å². The first-order chi connectivity index (χ1) is 8.11. The Labute approximate surface area is 101 Å². The van der Waals surface area contributed by atoms with Crippen LogP contribution in [0.3, 0.4) is 0 Å². The molecule has 94 valence electrons. The summed E-state index contributed by atoms with van der Waals surface area (Å²) in [7, 11) is 0. The summed E-state index contributed by atoms with van der Waals surface area (Å²) in [5, 5.41) is 13.2. The highest BCUT2D eigenvalue weighted by Gasteiger charge is 2.32. The van der Waals surface area contributed by atoms with Gasteiger partial charge in [0.2, 0.25) is 5.91 Å². The third kappa shape index (κ3) is 2.85. The van der Waals surface area contributed by atoms with Gasteiger partial charge in [0, 0.05) is 18.3 Å². The molecule has 17 heavy (non-hydrogen) atoms. The zero-order valence-corrected chi connectivity index (χ0v) is 10.4. The van der Waals surface area contributed by atoms with Crippen molar-refractivity contribution in [1.29, 1.82) is 0 Å².